The fourth-order valence-electron chi connectivity index (χ4n) is 3.29. The Morgan fingerprint density at radius 3 is 2.50 bits per heavy atom. The molecule has 9 nitrogen and oxygen atoms in total. The number of hydrogen-bond acceptors (Lipinski definition) is 7. The molecule has 1 aromatic carbocycles. The van der Waals surface area contributed by atoms with E-state index in [1.54, 1.807) is 0 Å². The maximum Gasteiger partial charge on any atom is 0.404 e. The Morgan fingerprint density at radius 1 is 1.20 bits per heavy atom. The minimum Gasteiger partial charge on any atom is -0.338 e. The second-order valence-corrected chi connectivity index (χ2v) is 8.68. The van der Waals surface area contributed by atoms with Gasteiger partial charge in [-0.05, 0) is 30.7 Å². The molecule has 160 valence electrons. The van der Waals surface area contributed by atoms with Crippen LogP contribution in [0.25, 0.3) is 11.4 Å². The van der Waals surface area contributed by atoms with Gasteiger partial charge in [-0.2, -0.15) is 22.5 Å². The van der Waals surface area contributed by atoms with Gasteiger partial charge >= 0.3 is 6.18 Å². The molecule has 1 saturated heterocycles. The minimum atomic E-state index is -4.87. The molecule has 14 heteroatoms. The van der Waals surface area contributed by atoms with Crippen molar-refractivity contribution in [3.63, 3.8) is 0 Å². The first-order valence-corrected chi connectivity index (χ1v) is 10.0. The summed E-state index contributed by atoms with van der Waals surface area (Å²) in [6.45, 7) is -1.35. The minimum absolute atomic E-state index is 0.161. The van der Waals surface area contributed by atoms with E-state index >= 15 is 0 Å². The van der Waals surface area contributed by atoms with E-state index in [4.69, 9.17) is 4.52 Å². The van der Waals surface area contributed by atoms with Gasteiger partial charge in [-0.15, -0.1) is 5.10 Å². The average molecular weight is 446 g/mol. The Bertz CT molecular complexity index is 1170. The first-order chi connectivity index (χ1) is 14.0. The highest BCUT2D eigenvalue weighted by molar-refractivity contribution is 7.89. The van der Waals surface area contributed by atoms with Gasteiger partial charge < -0.3 is 4.52 Å². The molecule has 0 N–H and O–H groups in total. The Hall–Kier alpha value is -2.87. The number of benzene rings is 1. The van der Waals surface area contributed by atoms with Crippen molar-refractivity contribution in [2.45, 2.75) is 23.0 Å². The van der Waals surface area contributed by atoms with Gasteiger partial charge in [0.15, 0.2) is 10.4 Å². The maximum atomic E-state index is 14.1. The standard InChI is InChI=1S/C16H14F4N6O3S/c1-25-12(8-21-24-25)30(27,28)26-7-6-15(9-26,16(18,19)20)14-22-13(23-29-14)10-2-4-11(17)5-3-10/h2-5,8H,6-7,9H2,1H3. The van der Waals surface area contributed by atoms with Crippen molar-refractivity contribution < 1.29 is 30.5 Å². The molecule has 4 rings (SSSR count). The van der Waals surface area contributed by atoms with Crippen LogP contribution in [0.1, 0.15) is 12.3 Å². The summed E-state index contributed by atoms with van der Waals surface area (Å²) in [5.41, 5.74) is -2.43. The van der Waals surface area contributed by atoms with E-state index in [9.17, 15) is 26.0 Å². The van der Waals surface area contributed by atoms with Crippen molar-refractivity contribution in [1.29, 1.82) is 0 Å². The summed E-state index contributed by atoms with van der Waals surface area (Å²) in [5, 5.41) is 10.2. The molecule has 1 unspecified atom stereocenters. The van der Waals surface area contributed by atoms with Gasteiger partial charge in [-0.1, -0.05) is 10.4 Å². The van der Waals surface area contributed by atoms with Crippen LogP contribution in [-0.4, -0.2) is 57.1 Å². The predicted molar refractivity (Wildman–Crippen MR) is 91.8 cm³/mol. The molecule has 0 saturated carbocycles. The molecule has 3 aromatic rings. The lowest BCUT2D eigenvalue weighted by Gasteiger charge is -2.27. The van der Waals surface area contributed by atoms with Crippen LogP contribution < -0.4 is 0 Å². The third-order valence-corrected chi connectivity index (χ3v) is 6.88. The van der Waals surface area contributed by atoms with Crippen LogP contribution in [0.3, 0.4) is 0 Å². The third kappa shape index (κ3) is 3.15. The zero-order chi connectivity index (χ0) is 21.7. The summed E-state index contributed by atoms with van der Waals surface area (Å²) in [5.74, 6) is -1.45. The number of sulfonamides is 1. The lowest BCUT2D eigenvalue weighted by atomic mass is 9.86. The van der Waals surface area contributed by atoms with Crippen LogP contribution in [0.4, 0.5) is 17.6 Å². The highest BCUT2D eigenvalue weighted by Gasteiger charge is 2.64. The normalized spacial score (nSPS) is 20.7. The SMILES string of the molecule is Cn1nncc1S(=O)(=O)N1CCC(c2nc(-c3ccc(F)cc3)no2)(C(F)(F)F)C1. The number of halogens is 4. The molecular formula is C16H14F4N6O3S. The van der Waals surface area contributed by atoms with E-state index in [1.165, 1.54) is 19.2 Å². The van der Waals surface area contributed by atoms with Crippen molar-refractivity contribution in [2.75, 3.05) is 13.1 Å². The van der Waals surface area contributed by atoms with Crippen molar-refractivity contribution in [3.05, 3.63) is 42.2 Å². The Balaban J connectivity index is 1.71. The van der Waals surface area contributed by atoms with E-state index in [-0.39, 0.29) is 16.4 Å². The molecule has 0 radical (unpaired) electrons. The molecule has 0 amide bonds. The summed E-state index contributed by atoms with van der Waals surface area (Å²) in [4.78, 5) is 3.86. The van der Waals surface area contributed by atoms with Crippen LogP contribution in [0.15, 0.2) is 40.0 Å². The van der Waals surface area contributed by atoms with E-state index in [2.05, 4.69) is 20.5 Å². The molecule has 0 spiro atoms. The van der Waals surface area contributed by atoms with Crippen molar-refractivity contribution in [2.24, 2.45) is 7.05 Å². The number of aryl methyl sites for hydroxylation is 1. The summed E-state index contributed by atoms with van der Waals surface area (Å²) in [6, 6.07) is 4.81. The maximum absolute atomic E-state index is 14.1. The number of alkyl halides is 3. The lowest BCUT2D eigenvalue weighted by molar-refractivity contribution is -0.192. The monoisotopic (exact) mass is 446 g/mol. The van der Waals surface area contributed by atoms with E-state index in [0.29, 0.717) is 4.31 Å². The van der Waals surface area contributed by atoms with Gasteiger partial charge in [0.1, 0.15) is 5.82 Å². The number of hydrogen-bond donors (Lipinski definition) is 0. The second kappa shape index (κ2) is 6.84. The smallest absolute Gasteiger partial charge is 0.338 e. The van der Waals surface area contributed by atoms with E-state index < -0.39 is 52.8 Å². The summed E-state index contributed by atoms with van der Waals surface area (Å²) < 4.78 is 87.6. The average Bonchev–Trinajstić information content (AvgIpc) is 3.41. The lowest BCUT2D eigenvalue weighted by Crippen LogP contribution is -2.46. The second-order valence-electron chi connectivity index (χ2n) is 6.79. The first-order valence-electron chi connectivity index (χ1n) is 8.56. The van der Waals surface area contributed by atoms with Crippen LogP contribution in [0, 0.1) is 5.82 Å². The van der Waals surface area contributed by atoms with Crippen molar-refractivity contribution >= 4 is 10.0 Å². The van der Waals surface area contributed by atoms with Gasteiger partial charge in [0, 0.05) is 25.7 Å². The number of aromatic nitrogens is 5. The van der Waals surface area contributed by atoms with Crippen LogP contribution in [0.5, 0.6) is 0 Å². The fourth-order valence-corrected chi connectivity index (χ4v) is 4.82. The molecule has 30 heavy (non-hydrogen) atoms. The highest BCUT2D eigenvalue weighted by atomic mass is 32.2. The quantitative estimate of drug-likeness (QED) is 0.564. The van der Waals surface area contributed by atoms with Gasteiger partial charge in [-0.3, -0.25) is 0 Å². The summed E-state index contributed by atoms with van der Waals surface area (Å²) in [7, 11) is -2.96. The highest BCUT2D eigenvalue weighted by Crippen LogP contribution is 2.48. The van der Waals surface area contributed by atoms with E-state index in [1.807, 2.05) is 0 Å². The molecule has 1 aliphatic rings. The molecular weight excluding hydrogens is 432 g/mol. The summed E-state index contributed by atoms with van der Waals surface area (Å²) >= 11 is 0. The molecule has 1 fully saturated rings. The van der Waals surface area contributed by atoms with Gasteiger partial charge in [0.05, 0.1) is 6.20 Å². The van der Waals surface area contributed by atoms with Gasteiger partial charge in [0.2, 0.25) is 11.7 Å². The fraction of sp³-hybridized carbons (Fsp3) is 0.375. The Labute approximate surface area is 167 Å². The first kappa shape index (κ1) is 20.4. The van der Waals surface area contributed by atoms with Crippen LogP contribution >= 0.6 is 0 Å². The molecule has 3 heterocycles. The molecule has 0 bridgehead atoms. The van der Waals surface area contributed by atoms with Gasteiger partial charge in [-0.25, -0.2) is 17.5 Å². The Morgan fingerprint density at radius 2 is 1.90 bits per heavy atom. The van der Waals surface area contributed by atoms with Crippen LogP contribution in [0.2, 0.25) is 0 Å². The topological polar surface area (TPSA) is 107 Å². The molecule has 2 aromatic heterocycles. The number of rotatable bonds is 4. The zero-order valence-corrected chi connectivity index (χ0v) is 16.2. The van der Waals surface area contributed by atoms with Crippen molar-refractivity contribution in [1.82, 2.24) is 29.4 Å². The van der Waals surface area contributed by atoms with Gasteiger partial charge in [0.25, 0.3) is 10.0 Å². The zero-order valence-electron chi connectivity index (χ0n) is 15.3. The summed E-state index contributed by atoms with van der Waals surface area (Å²) in [6.07, 6.45) is -4.51. The molecule has 0 aliphatic carbocycles. The van der Waals surface area contributed by atoms with Crippen LogP contribution in [-0.2, 0) is 22.5 Å². The van der Waals surface area contributed by atoms with Crippen molar-refractivity contribution in [3.8, 4) is 11.4 Å². The number of nitrogens with zero attached hydrogens (tertiary/aromatic N) is 6. The largest absolute Gasteiger partial charge is 0.404 e. The predicted octanol–water partition coefficient (Wildman–Crippen LogP) is 1.90. The molecule has 1 aliphatic heterocycles. The van der Waals surface area contributed by atoms with E-state index in [0.717, 1.165) is 23.0 Å². The Kier molecular flexibility index (Phi) is 4.65. The third-order valence-electron chi connectivity index (χ3n) is 4.99. The molecule has 1 atom stereocenters.